The first-order valence-corrected chi connectivity index (χ1v) is 7.23. The Morgan fingerprint density at radius 2 is 1.81 bits per heavy atom. The summed E-state index contributed by atoms with van der Waals surface area (Å²) < 4.78 is 0. The van der Waals surface area contributed by atoms with E-state index < -0.39 is 0 Å². The molecule has 0 bridgehead atoms. The van der Waals surface area contributed by atoms with Gasteiger partial charge in [-0.25, -0.2) is 0 Å². The first kappa shape index (κ1) is 12.4. The average molecular weight is 224 g/mol. The normalized spacial score (nSPS) is 30.9. The summed E-state index contributed by atoms with van der Waals surface area (Å²) in [6.07, 6.45) is 8.70. The first-order valence-electron chi connectivity index (χ1n) is 7.23. The van der Waals surface area contributed by atoms with Crippen molar-refractivity contribution in [1.82, 2.24) is 10.2 Å². The summed E-state index contributed by atoms with van der Waals surface area (Å²) in [5.41, 5.74) is 0. The summed E-state index contributed by atoms with van der Waals surface area (Å²) in [7, 11) is 2.13. The zero-order chi connectivity index (χ0) is 11.4. The monoisotopic (exact) mass is 224 g/mol. The molecule has 0 saturated heterocycles. The molecular formula is C14H28N2. The van der Waals surface area contributed by atoms with Crippen LogP contribution in [0.3, 0.4) is 0 Å². The third-order valence-electron chi connectivity index (χ3n) is 4.71. The van der Waals surface area contributed by atoms with E-state index in [0.717, 1.165) is 17.9 Å². The molecule has 2 fully saturated rings. The largest absolute Gasteiger partial charge is 0.317 e. The molecular weight excluding hydrogens is 196 g/mol. The zero-order valence-electron chi connectivity index (χ0n) is 11.0. The van der Waals surface area contributed by atoms with Crippen LogP contribution in [0.25, 0.3) is 0 Å². The summed E-state index contributed by atoms with van der Waals surface area (Å²) in [6.45, 7) is 6.26. The Kier molecular flexibility index (Phi) is 4.66. The Labute approximate surface area is 101 Å². The van der Waals surface area contributed by atoms with Crippen molar-refractivity contribution < 1.29 is 0 Å². The van der Waals surface area contributed by atoms with Crippen LogP contribution in [-0.2, 0) is 0 Å². The minimum Gasteiger partial charge on any atom is -0.317 e. The van der Waals surface area contributed by atoms with Gasteiger partial charge in [-0.2, -0.15) is 0 Å². The summed E-state index contributed by atoms with van der Waals surface area (Å²) in [5.74, 6) is 1.93. The summed E-state index contributed by atoms with van der Waals surface area (Å²) >= 11 is 0. The van der Waals surface area contributed by atoms with Crippen molar-refractivity contribution in [2.24, 2.45) is 11.8 Å². The lowest BCUT2D eigenvalue weighted by molar-refractivity contribution is 0.157. The molecule has 2 heteroatoms. The SMILES string of the molecule is CCN(CC1CCC1)CC1CCCC1NC. The van der Waals surface area contributed by atoms with Crippen LogP contribution in [0.5, 0.6) is 0 Å². The Morgan fingerprint density at radius 1 is 1.06 bits per heavy atom. The molecule has 2 rings (SSSR count). The maximum atomic E-state index is 3.50. The van der Waals surface area contributed by atoms with E-state index in [1.54, 1.807) is 0 Å². The number of nitrogens with one attached hydrogen (secondary N) is 1. The molecule has 2 unspecified atom stereocenters. The highest BCUT2D eigenvalue weighted by molar-refractivity contribution is 4.85. The third-order valence-corrected chi connectivity index (χ3v) is 4.71. The van der Waals surface area contributed by atoms with Gasteiger partial charge in [0.1, 0.15) is 0 Å². The summed E-state index contributed by atoms with van der Waals surface area (Å²) in [5, 5.41) is 3.50. The molecule has 1 N–H and O–H groups in total. The topological polar surface area (TPSA) is 15.3 Å². The van der Waals surface area contributed by atoms with Crippen LogP contribution < -0.4 is 5.32 Å². The van der Waals surface area contributed by atoms with Crippen LogP contribution in [0.1, 0.15) is 45.4 Å². The molecule has 2 aliphatic rings. The highest BCUT2D eigenvalue weighted by atomic mass is 15.1. The fourth-order valence-corrected chi connectivity index (χ4v) is 3.34. The molecule has 0 spiro atoms. The van der Waals surface area contributed by atoms with Gasteiger partial charge in [-0.15, -0.1) is 0 Å². The predicted octanol–water partition coefficient (Wildman–Crippen LogP) is 2.50. The molecule has 2 aliphatic carbocycles. The average Bonchev–Trinajstić information content (AvgIpc) is 2.68. The van der Waals surface area contributed by atoms with Crippen molar-refractivity contribution >= 4 is 0 Å². The second-order valence-corrected chi connectivity index (χ2v) is 5.74. The first-order chi connectivity index (χ1) is 7.83. The molecule has 0 aromatic heterocycles. The molecule has 16 heavy (non-hydrogen) atoms. The van der Waals surface area contributed by atoms with Crippen molar-refractivity contribution in [3.05, 3.63) is 0 Å². The molecule has 0 radical (unpaired) electrons. The van der Waals surface area contributed by atoms with Gasteiger partial charge in [-0.1, -0.05) is 19.8 Å². The summed E-state index contributed by atoms with van der Waals surface area (Å²) in [6, 6.07) is 0.787. The molecule has 94 valence electrons. The maximum Gasteiger partial charge on any atom is 0.0104 e. The van der Waals surface area contributed by atoms with Gasteiger partial charge in [-0.3, -0.25) is 0 Å². The van der Waals surface area contributed by atoms with Gasteiger partial charge in [0.2, 0.25) is 0 Å². The zero-order valence-corrected chi connectivity index (χ0v) is 11.0. The predicted molar refractivity (Wildman–Crippen MR) is 69.6 cm³/mol. The van der Waals surface area contributed by atoms with Gasteiger partial charge in [0, 0.05) is 19.1 Å². The van der Waals surface area contributed by atoms with Crippen molar-refractivity contribution in [3.8, 4) is 0 Å². The van der Waals surface area contributed by atoms with Crippen LogP contribution >= 0.6 is 0 Å². The van der Waals surface area contributed by atoms with Crippen LogP contribution in [0, 0.1) is 11.8 Å². The molecule has 2 saturated carbocycles. The summed E-state index contributed by atoms with van der Waals surface area (Å²) in [4.78, 5) is 2.70. The molecule has 0 aromatic rings. The highest BCUT2D eigenvalue weighted by Crippen LogP contribution is 2.29. The minimum atomic E-state index is 0.787. The van der Waals surface area contributed by atoms with Crippen LogP contribution in [-0.4, -0.2) is 37.6 Å². The third kappa shape index (κ3) is 2.98. The van der Waals surface area contributed by atoms with E-state index in [9.17, 15) is 0 Å². The molecule has 2 nitrogen and oxygen atoms in total. The number of nitrogens with zero attached hydrogens (tertiary/aromatic N) is 1. The van der Waals surface area contributed by atoms with Gasteiger partial charge in [0.15, 0.2) is 0 Å². The van der Waals surface area contributed by atoms with Gasteiger partial charge in [0.05, 0.1) is 0 Å². The Balaban J connectivity index is 1.75. The molecule has 2 atom stereocenters. The molecule has 0 aromatic carbocycles. The highest BCUT2D eigenvalue weighted by Gasteiger charge is 2.28. The number of hydrogen-bond donors (Lipinski definition) is 1. The molecule has 0 heterocycles. The van der Waals surface area contributed by atoms with Crippen molar-refractivity contribution in [3.63, 3.8) is 0 Å². The maximum absolute atomic E-state index is 3.50. The van der Waals surface area contributed by atoms with E-state index in [1.807, 2.05) is 0 Å². The second kappa shape index (κ2) is 6.02. The fourth-order valence-electron chi connectivity index (χ4n) is 3.34. The van der Waals surface area contributed by atoms with Crippen LogP contribution in [0.2, 0.25) is 0 Å². The second-order valence-electron chi connectivity index (χ2n) is 5.74. The smallest absolute Gasteiger partial charge is 0.0104 e. The lowest BCUT2D eigenvalue weighted by Crippen LogP contribution is -2.40. The Bertz CT molecular complexity index is 201. The lowest BCUT2D eigenvalue weighted by Gasteiger charge is -2.34. The van der Waals surface area contributed by atoms with Crippen LogP contribution in [0.4, 0.5) is 0 Å². The van der Waals surface area contributed by atoms with Gasteiger partial charge >= 0.3 is 0 Å². The van der Waals surface area contributed by atoms with Gasteiger partial charge in [-0.05, 0) is 51.1 Å². The van der Waals surface area contributed by atoms with E-state index in [-0.39, 0.29) is 0 Å². The van der Waals surface area contributed by atoms with Gasteiger partial charge < -0.3 is 10.2 Å². The van der Waals surface area contributed by atoms with E-state index in [2.05, 4.69) is 24.2 Å². The Morgan fingerprint density at radius 3 is 2.38 bits per heavy atom. The van der Waals surface area contributed by atoms with Crippen molar-refractivity contribution in [1.29, 1.82) is 0 Å². The van der Waals surface area contributed by atoms with E-state index >= 15 is 0 Å². The Hall–Kier alpha value is -0.0800. The molecule has 0 amide bonds. The quantitative estimate of drug-likeness (QED) is 0.746. The number of rotatable bonds is 6. The molecule has 0 aliphatic heterocycles. The van der Waals surface area contributed by atoms with Crippen molar-refractivity contribution in [2.75, 3.05) is 26.7 Å². The van der Waals surface area contributed by atoms with Crippen LogP contribution in [0.15, 0.2) is 0 Å². The van der Waals surface area contributed by atoms with Gasteiger partial charge in [0.25, 0.3) is 0 Å². The fraction of sp³-hybridized carbons (Fsp3) is 1.00. The van der Waals surface area contributed by atoms with E-state index in [1.165, 1.54) is 58.2 Å². The minimum absolute atomic E-state index is 0.787. The van der Waals surface area contributed by atoms with E-state index in [0.29, 0.717) is 0 Å². The van der Waals surface area contributed by atoms with Crippen molar-refractivity contribution in [2.45, 2.75) is 51.5 Å². The number of hydrogen-bond acceptors (Lipinski definition) is 2. The lowest BCUT2D eigenvalue weighted by atomic mass is 9.85. The van der Waals surface area contributed by atoms with E-state index in [4.69, 9.17) is 0 Å². The standard InChI is InChI=1S/C14H28N2/c1-3-16(10-12-6-4-7-12)11-13-8-5-9-14(13)15-2/h12-15H,3-11H2,1-2H3.